The van der Waals surface area contributed by atoms with Crippen molar-refractivity contribution in [1.29, 1.82) is 0 Å². The van der Waals surface area contributed by atoms with Crippen molar-refractivity contribution in [3.63, 3.8) is 0 Å². The Morgan fingerprint density at radius 2 is 2.38 bits per heavy atom. The Kier molecular flexibility index (Phi) is 4.69. The Hall–Kier alpha value is -2.57. The molecule has 0 bridgehead atoms. The number of aromatic amines is 1. The second-order valence-corrected chi connectivity index (χ2v) is 6.15. The lowest BCUT2D eigenvalue weighted by Crippen LogP contribution is -2.45. The summed E-state index contributed by atoms with van der Waals surface area (Å²) in [6, 6.07) is 5.43. The highest BCUT2D eigenvalue weighted by Crippen LogP contribution is 2.24. The van der Waals surface area contributed by atoms with Gasteiger partial charge in [-0.1, -0.05) is 11.2 Å². The zero-order chi connectivity index (χ0) is 17.1. The van der Waals surface area contributed by atoms with Crippen LogP contribution in [-0.4, -0.2) is 39.4 Å². The largest absolute Gasteiger partial charge is 0.334 e. The van der Waals surface area contributed by atoms with E-state index in [-0.39, 0.29) is 18.0 Å². The summed E-state index contributed by atoms with van der Waals surface area (Å²) in [7, 11) is 0. The number of H-pyrrole nitrogens is 1. The van der Waals surface area contributed by atoms with Crippen molar-refractivity contribution in [2.75, 3.05) is 6.54 Å². The molecule has 0 spiro atoms. The fourth-order valence-electron chi connectivity index (χ4n) is 3.40. The Morgan fingerprint density at radius 1 is 1.54 bits per heavy atom. The zero-order valence-corrected chi connectivity index (χ0v) is 13.6. The molecule has 0 radical (unpaired) electrons. The van der Waals surface area contributed by atoms with Gasteiger partial charge in [0.25, 0.3) is 5.91 Å². The van der Waals surface area contributed by atoms with Crippen LogP contribution in [0.25, 0.3) is 21.5 Å². The molecule has 1 saturated carbocycles. The molecular weight excluding hydrogens is 306 g/mol. The van der Waals surface area contributed by atoms with Crippen LogP contribution >= 0.6 is 0 Å². The van der Waals surface area contributed by atoms with E-state index in [1.54, 1.807) is 18.2 Å². The quantitative estimate of drug-likeness (QED) is 0.509. The van der Waals surface area contributed by atoms with Crippen LogP contribution < -0.4 is 5.73 Å². The highest BCUT2D eigenvalue weighted by Gasteiger charge is 2.29. The lowest BCUT2D eigenvalue weighted by Gasteiger charge is -2.35. The fraction of sp³-hybridized carbons (Fsp3) is 0.500. The predicted molar refractivity (Wildman–Crippen MR) is 91.8 cm³/mol. The van der Waals surface area contributed by atoms with Gasteiger partial charge < -0.3 is 15.6 Å². The number of azide groups is 1. The van der Waals surface area contributed by atoms with E-state index >= 15 is 0 Å². The topological polar surface area (TPSA) is 124 Å². The van der Waals surface area contributed by atoms with E-state index < -0.39 is 0 Å². The van der Waals surface area contributed by atoms with E-state index in [1.165, 1.54) is 0 Å². The normalized spacial score (nSPS) is 20.6. The number of hydrogen-bond acceptors (Lipinski definition) is 4. The Bertz CT molecular complexity index is 793. The molecule has 1 aromatic heterocycles. The first-order chi connectivity index (χ1) is 11.6. The summed E-state index contributed by atoms with van der Waals surface area (Å²) in [6.45, 7) is 2.59. The summed E-state index contributed by atoms with van der Waals surface area (Å²) >= 11 is 0. The van der Waals surface area contributed by atoms with Gasteiger partial charge in [-0.25, -0.2) is 4.98 Å². The first kappa shape index (κ1) is 16.3. The van der Waals surface area contributed by atoms with Gasteiger partial charge in [-0.2, -0.15) is 0 Å². The maximum atomic E-state index is 12.9. The summed E-state index contributed by atoms with van der Waals surface area (Å²) in [5.41, 5.74) is 16.4. The summed E-state index contributed by atoms with van der Waals surface area (Å²) in [5, 5.41) is 3.56. The van der Waals surface area contributed by atoms with Crippen LogP contribution in [0.1, 0.15) is 43.2 Å². The number of carbonyl (C=O) groups is 1. The second-order valence-electron chi connectivity index (χ2n) is 6.15. The number of carbonyl (C=O) groups excluding carboxylic acids is 1. The van der Waals surface area contributed by atoms with Gasteiger partial charge in [0, 0.05) is 29.2 Å². The van der Waals surface area contributed by atoms with E-state index in [1.807, 2.05) is 11.8 Å². The highest BCUT2D eigenvalue weighted by molar-refractivity contribution is 5.94. The van der Waals surface area contributed by atoms with Gasteiger partial charge in [0.05, 0.1) is 11.0 Å². The SMILES string of the molecule is CCN(C(=O)c1nc2cc(N=[N+]=[N-])ccc2[nH]1)[C@H]1CCC[C@@H](N)C1. The van der Waals surface area contributed by atoms with Crippen LogP contribution in [0.4, 0.5) is 5.69 Å². The molecule has 1 aliphatic rings. The van der Waals surface area contributed by atoms with Gasteiger partial charge in [0.1, 0.15) is 0 Å². The number of benzene rings is 1. The standard InChI is InChI=1S/C16H21N7O/c1-2-23(12-5-3-4-10(17)8-12)16(24)15-19-13-7-6-11(21-22-18)9-14(13)20-15/h6-7,9-10,12H,2-5,8,17H2,1H3,(H,19,20)/t10-,12+/m1/s1. The molecule has 2 aromatic rings. The third-order valence-electron chi connectivity index (χ3n) is 4.56. The summed E-state index contributed by atoms with van der Waals surface area (Å²) in [6.07, 6.45) is 3.88. The number of imidazole rings is 1. The highest BCUT2D eigenvalue weighted by atomic mass is 16.2. The minimum absolute atomic E-state index is 0.113. The van der Waals surface area contributed by atoms with Crippen LogP contribution in [0.2, 0.25) is 0 Å². The molecule has 0 saturated heterocycles. The number of fused-ring (bicyclic) bond motifs is 1. The van der Waals surface area contributed by atoms with Crippen LogP contribution in [-0.2, 0) is 0 Å². The minimum Gasteiger partial charge on any atom is -0.334 e. The monoisotopic (exact) mass is 327 g/mol. The molecule has 3 N–H and O–H groups in total. The first-order valence-electron chi connectivity index (χ1n) is 8.23. The van der Waals surface area contributed by atoms with E-state index in [0.717, 1.165) is 31.2 Å². The smallest absolute Gasteiger partial charge is 0.289 e. The Balaban J connectivity index is 1.87. The molecule has 3 rings (SSSR count). The molecule has 0 unspecified atom stereocenters. The van der Waals surface area contributed by atoms with Crippen molar-refractivity contribution < 1.29 is 4.79 Å². The predicted octanol–water partition coefficient (Wildman–Crippen LogP) is 3.24. The average molecular weight is 327 g/mol. The Morgan fingerprint density at radius 3 is 3.08 bits per heavy atom. The van der Waals surface area contributed by atoms with E-state index in [9.17, 15) is 4.79 Å². The molecule has 2 atom stereocenters. The molecule has 1 amide bonds. The maximum absolute atomic E-state index is 12.9. The fourth-order valence-corrected chi connectivity index (χ4v) is 3.40. The number of amides is 1. The van der Waals surface area contributed by atoms with Crippen molar-refractivity contribution in [2.24, 2.45) is 10.8 Å². The van der Waals surface area contributed by atoms with Crippen molar-refractivity contribution in [3.8, 4) is 0 Å². The van der Waals surface area contributed by atoms with E-state index in [4.69, 9.17) is 11.3 Å². The molecule has 1 aliphatic carbocycles. The molecule has 1 aromatic carbocycles. The third-order valence-corrected chi connectivity index (χ3v) is 4.56. The van der Waals surface area contributed by atoms with Crippen molar-refractivity contribution in [2.45, 2.75) is 44.7 Å². The molecule has 0 aliphatic heterocycles. The molecule has 1 heterocycles. The lowest BCUT2D eigenvalue weighted by atomic mass is 9.90. The van der Waals surface area contributed by atoms with Crippen molar-refractivity contribution in [1.82, 2.24) is 14.9 Å². The van der Waals surface area contributed by atoms with Crippen LogP contribution in [0, 0.1) is 0 Å². The summed E-state index contributed by atoms with van der Waals surface area (Å²) < 4.78 is 0. The van der Waals surface area contributed by atoms with Crippen molar-refractivity contribution in [3.05, 3.63) is 34.5 Å². The number of nitrogens with zero attached hydrogens (tertiary/aromatic N) is 5. The zero-order valence-electron chi connectivity index (χ0n) is 13.6. The number of nitrogens with two attached hydrogens (primary N) is 1. The van der Waals surface area contributed by atoms with Gasteiger partial charge in [0.2, 0.25) is 0 Å². The van der Waals surface area contributed by atoms with E-state index in [0.29, 0.717) is 23.6 Å². The number of nitrogens with one attached hydrogen (secondary N) is 1. The van der Waals surface area contributed by atoms with Crippen molar-refractivity contribution >= 4 is 22.6 Å². The third kappa shape index (κ3) is 3.20. The molecule has 1 fully saturated rings. The molecule has 24 heavy (non-hydrogen) atoms. The number of hydrogen-bond donors (Lipinski definition) is 2. The van der Waals surface area contributed by atoms with Crippen LogP contribution in [0.5, 0.6) is 0 Å². The molecule has 8 nitrogen and oxygen atoms in total. The second kappa shape index (κ2) is 6.90. The van der Waals surface area contributed by atoms with Gasteiger partial charge in [0.15, 0.2) is 5.82 Å². The lowest BCUT2D eigenvalue weighted by molar-refractivity contribution is 0.0627. The molecule has 8 heteroatoms. The van der Waals surface area contributed by atoms with E-state index in [2.05, 4.69) is 20.0 Å². The number of aromatic nitrogens is 2. The van der Waals surface area contributed by atoms with Gasteiger partial charge >= 0.3 is 0 Å². The Labute approximate surface area is 139 Å². The summed E-state index contributed by atoms with van der Waals surface area (Å²) in [5.74, 6) is 0.196. The van der Waals surface area contributed by atoms with Gasteiger partial charge in [-0.05, 0) is 50.3 Å². The molecule has 126 valence electrons. The van der Waals surface area contributed by atoms with Gasteiger partial charge in [-0.15, -0.1) is 0 Å². The number of rotatable bonds is 4. The molecular formula is C16H21N7O. The minimum atomic E-state index is -0.113. The first-order valence-corrected chi connectivity index (χ1v) is 8.23. The average Bonchev–Trinajstić information content (AvgIpc) is 2.99. The van der Waals surface area contributed by atoms with Gasteiger partial charge in [-0.3, -0.25) is 4.79 Å². The summed E-state index contributed by atoms with van der Waals surface area (Å²) in [4.78, 5) is 24.9. The van der Waals surface area contributed by atoms with Crippen LogP contribution in [0.3, 0.4) is 0 Å². The van der Waals surface area contributed by atoms with Crippen LogP contribution in [0.15, 0.2) is 23.3 Å². The maximum Gasteiger partial charge on any atom is 0.289 e.